The van der Waals surface area contributed by atoms with Crippen LogP contribution in [-0.4, -0.2) is 61.8 Å². The van der Waals surface area contributed by atoms with Crippen LogP contribution in [0.25, 0.3) is 17.2 Å². The Labute approximate surface area is 253 Å². The van der Waals surface area contributed by atoms with Gasteiger partial charge in [0, 0.05) is 34.5 Å². The highest BCUT2D eigenvalue weighted by atomic mass is 19.2. The number of amides is 2. The maximum absolute atomic E-state index is 13.7. The first kappa shape index (κ1) is 31.5. The normalized spacial score (nSPS) is 12.6. The van der Waals surface area contributed by atoms with Gasteiger partial charge in [0.2, 0.25) is 0 Å². The van der Waals surface area contributed by atoms with Crippen LogP contribution < -0.4 is 15.4 Å². The number of hydrogen-bond acceptors (Lipinski definition) is 9. The van der Waals surface area contributed by atoms with Crippen molar-refractivity contribution >= 4 is 41.7 Å². The van der Waals surface area contributed by atoms with Gasteiger partial charge in [0.1, 0.15) is 24.7 Å². The van der Waals surface area contributed by atoms with Gasteiger partial charge < -0.3 is 24.8 Å². The lowest BCUT2D eigenvalue weighted by Gasteiger charge is -2.17. The van der Waals surface area contributed by atoms with Crippen molar-refractivity contribution in [2.24, 2.45) is 11.1 Å². The summed E-state index contributed by atoms with van der Waals surface area (Å²) < 4.78 is 28.1. The molecule has 0 saturated heterocycles. The molecule has 2 amide bonds. The Hall–Kier alpha value is -5.39. The number of esters is 1. The molecule has 12 heteroatoms. The highest BCUT2D eigenvalue weighted by Gasteiger charge is 2.26. The number of methoxy groups -OCH3 is 1. The van der Waals surface area contributed by atoms with Crippen molar-refractivity contribution in [3.05, 3.63) is 83.2 Å². The molecule has 4 rings (SSSR count). The number of halogens is 1. The maximum atomic E-state index is 13.7. The Bertz CT molecular complexity index is 1600. The highest BCUT2D eigenvalue weighted by Crippen LogP contribution is 2.35. The fourth-order valence-electron chi connectivity index (χ4n) is 4.29. The van der Waals surface area contributed by atoms with Crippen LogP contribution in [-0.2, 0) is 14.3 Å². The van der Waals surface area contributed by atoms with Gasteiger partial charge in [-0.2, -0.15) is 0 Å². The zero-order valence-electron chi connectivity index (χ0n) is 24.2. The van der Waals surface area contributed by atoms with Crippen LogP contribution in [0.4, 0.5) is 10.2 Å². The highest BCUT2D eigenvalue weighted by molar-refractivity contribution is 6.11. The molecule has 0 spiro atoms. The molecule has 0 atom stereocenters. The summed E-state index contributed by atoms with van der Waals surface area (Å²) in [5.74, 6) is -1.11. The number of pyridine rings is 1. The lowest BCUT2D eigenvalue weighted by molar-refractivity contribution is -0.129. The van der Waals surface area contributed by atoms with E-state index in [0.717, 1.165) is 12.8 Å². The van der Waals surface area contributed by atoms with Gasteiger partial charge in [-0.25, -0.2) is 9.78 Å². The second-order valence-electron chi connectivity index (χ2n) is 9.89. The summed E-state index contributed by atoms with van der Waals surface area (Å²) in [6, 6.07) is 12.5. The van der Waals surface area contributed by atoms with Gasteiger partial charge in [0.05, 0.1) is 12.8 Å². The van der Waals surface area contributed by atoms with E-state index in [0.29, 0.717) is 35.0 Å². The first-order valence-corrected chi connectivity index (χ1v) is 13.7. The van der Waals surface area contributed by atoms with Crippen LogP contribution >= 0.6 is 0 Å². The molecule has 1 fully saturated rings. The summed E-state index contributed by atoms with van der Waals surface area (Å²) in [7, 11) is 1.45. The van der Waals surface area contributed by atoms with E-state index in [-0.39, 0.29) is 53.5 Å². The van der Waals surface area contributed by atoms with Crippen molar-refractivity contribution in [1.82, 2.24) is 10.3 Å². The monoisotopic (exact) mass is 602 g/mol. The number of carbonyl (C=O) groups excluding carboxylic acids is 4. The van der Waals surface area contributed by atoms with Crippen LogP contribution in [0.15, 0.2) is 60.3 Å². The largest absolute Gasteiger partial charge is 0.496 e. The third-order valence-corrected chi connectivity index (χ3v) is 6.88. The van der Waals surface area contributed by atoms with Gasteiger partial charge in [-0.05, 0) is 67.6 Å². The second kappa shape index (κ2) is 14.7. The van der Waals surface area contributed by atoms with E-state index in [2.05, 4.69) is 32.1 Å². The van der Waals surface area contributed by atoms with Gasteiger partial charge in [0.15, 0.2) is 5.69 Å². The van der Waals surface area contributed by atoms with Crippen LogP contribution in [0.3, 0.4) is 0 Å². The minimum absolute atomic E-state index is 0.0154. The predicted octanol–water partition coefficient (Wildman–Crippen LogP) is 4.82. The fourth-order valence-corrected chi connectivity index (χ4v) is 4.29. The van der Waals surface area contributed by atoms with Crippen LogP contribution in [0.5, 0.6) is 5.75 Å². The zero-order valence-corrected chi connectivity index (χ0v) is 24.2. The average molecular weight is 603 g/mol. The van der Waals surface area contributed by atoms with Crippen molar-refractivity contribution < 1.29 is 37.9 Å². The van der Waals surface area contributed by atoms with E-state index in [1.165, 1.54) is 32.2 Å². The molecule has 0 radical (unpaired) electrons. The molecule has 1 aromatic heterocycles. The summed E-state index contributed by atoms with van der Waals surface area (Å²) in [5, 5.41) is 8.30. The molecule has 1 aliphatic carbocycles. The Morgan fingerprint density at radius 2 is 1.82 bits per heavy atom. The smallest absolute Gasteiger partial charge is 0.357 e. The maximum Gasteiger partial charge on any atom is 0.357 e. The van der Waals surface area contributed by atoms with Crippen LogP contribution in [0.1, 0.15) is 62.2 Å². The summed E-state index contributed by atoms with van der Waals surface area (Å²) in [4.78, 5) is 54.6. The third-order valence-electron chi connectivity index (χ3n) is 6.88. The first-order chi connectivity index (χ1) is 21.3. The molecule has 1 heterocycles. The predicted molar refractivity (Wildman–Crippen MR) is 161 cm³/mol. The molecule has 0 unspecified atom stereocenters. The molecule has 1 aliphatic rings. The van der Waals surface area contributed by atoms with Gasteiger partial charge >= 0.3 is 5.97 Å². The summed E-state index contributed by atoms with van der Waals surface area (Å²) in [5.41, 5.74) is 1.99. The van der Waals surface area contributed by atoms with Gasteiger partial charge in [-0.3, -0.25) is 14.4 Å². The number of rotatable bonds is 14. The number of anilines is 1. The molecule has 3 aromatic rings. The lowest BCUT2D eigenvalue weighted by Crippen LogP contribution is -2.27. The van der Waals surface area contributed by atoms with Crippen molar-refractivity contribution in [3.63, 3.8) is 0 Å². The Kier molecular flexibility index (Phi) is 10.5. The van der Waals surface area contributed by atoms with Gasteiger partial charge in [0.25, 0.3) is 18.3 Å². The molecular formula is C32H31FN4O7. The van der Waals surface area contributed by atoms with Crippen molar-refractivity contribution in [1.29, 1.82) is 0 Å². The second-order valence-corrected chi connectivity index (χ2v) is 9.89. The van der Waals surface area contributed by atoms with Gasteiger partial charge in [-0.15, -0.1) is 0 Å². The van der Waals surface area contributed by atoms with E-state index < -0.39 is 17.8 Å². The molecule has 11 nitrogen and oxygen atoms in total. The number of ether oxygens (including phenoxy) is 3. The molecule has 228 valence electrons. The number of aromatic nitrogens is 1. The summed E-state index contributed by atoms with van der Waals surface area (Å²) in [6.45, 7) is 5.60. The molecule has 2 aromatic carbocycles. The molecular weight excluding hydrogens is 571 g/mol. The van der Waals surface area contributed by atoms with Crippen molar-refractivity contribution in [2.45, 2.75) is 19.8 Å². The topological polar surface area (TPSA) is 145 Å². The third kappa shape index (κ3) is 7.71. The van der Waals surface area contributed by atoms with Crippen molar-refractivity contribution in [2.75, 3.05) is 32.2 Å². The lowest BCUT2D eigenvalue weighted by atomic mass is 9.94. The number of benzene rings is 2. The van der Waals surface area contributed by atoms with Crippen LogP contribution in [0, 0.1) is 5.92 Å². The van der Waals surface area contributed by atoms with E-state index in [1.54, 1.807) is 36.4 Å². The van der Waals surface area contributed by atoms with Crippen molar-refractivity contribution in [3.8, 4) is 16.9 Å². The van der Waals surface area contributed by atoms with E-state index >= 15 is 0 Å². The molecule has 0 bridgehead atoms. The molecule has 44 heavy (non-hydrogen) atoms. The minimum Gasteiger partial charge on any atom is -0.496 e. The fraction of sp³-hybridized carbons (Fsp3) is 0.250. The summed E-state index contributed by atoms with van der Waals surface area (Å²) in [6.07, 6.45) is 3.59. The zero-order chi connectivity index (χ0) is 31.6. The molecule has 2 N–H and O–H groups in total. The van der Waals surface area contributed by atoms with Gasteiger partial charge in [-0.1, -0.05) is 34.5 Å². The summed E-state index contributed by atoms with van der Waals surface area (Å²) >= 11 is 0. The number of nitrogens with one attached hydrogen (secondary N) is 2. The molecule has 0 aliphatic heterocycles. The minimum atomic E-state index is -0.898. The first-order valence-electron chi connectivity index (χ1n) is 13.7. The van der Waals surface area contributed by atoms with E-state index in [4.69, 9.17) is 9.47 Å². The Morgan fingerprint density at radius 3 is 2.45 bits per heavy atom. The SMILES string of the molecule is C=Cc1cc(C(=O)Nc2ccc(/C(C)=N/F)cc2)c(-c2ccc(C(=O)NCC3CC3)nc2C(=O)OCCOC=O)cc1OC. The Morgan fingerprint density at radius 1 is 1.07 bits per heavy atom. The standard InChI is InChI=1S/C32H31FN4O7/c1-4-21-15-26(30(39)35-23-9-7-22(8-10-23)19(2)37-33)25(16-28(21)42-3)24-11-12-27(31(40)34-17-20-5-6-20)36-29(24)32(41)44-14-13-43-18-38/h4,7-12,15-16,18,20H,1,5-6,13-14,17H2,2-3H3,(H,34,40)(H,35,39)/b37-19+. The number of hydrogen-bond donors (Lipinski definition) is 2. The van der Waals surface area contributed by atoms with E-state index in [1.807, 2.05) is 0 Å². The van der Waals surface area contributed by atoms with Crippen LogP contribution in [0.2, 0.25) is 0 Å². The number of carbonyl (C=O) groups is 4. The quantitative estimate of drug-likeness (QED) is 0.116. The molecule has 1 saturated carbocycles. The average Bonchev–Trinajstić information content (AvgIpc) is 3.89. The Balaban J connectivity index is 1.77. The number of nitrogens with zero attached hydrogens (tertiary/aromatic N) is 2. The van der Waals surface area contributed by atoms with E-state index in [9.17, 15) is 23.7 Å².